The largest absolute Gasteiger partial charge is 0.478 e. The van der Waals surface area contributed by atoms with Gasteiger partial charge < -0.3 is 15.9 Å². The Hall–Kier alpha value is -1.87. The fraction of sp³-hybridized carbons (Fsp3) is 0.286. The van der Waals surface area contributed by atoms with Crippen molar-refractivity contribution >= 4 is 11.9 Å². The molecule has 0 aromatic rings. The Morgan fingerprint density at radius 2 is 1.69 bits per heavy atom. The van der Waals surface area contributed by atoms with Crippen molar-refractivity contribution in [2.45, 2.75) is 6.42 Å². The third kappa shape index (κ3) is 25.4. The number of nitriles is 1. The van der Waals surface area contributed by atoms with Crippen LogP contribution in [0.2, 0.25) is 0 Å². The van der Waals surface area contributed by atoms with E-state index in [1.807, 2.05) is 6.07 Å². The lowest BCUT2D eigenvalue weighted by Crippen LogP contribution is -1.94. The van der Waals surface area contributed by atoms with Gasteiger partial charge in [-0.1, -0.05) is 0 Å². The molecular formula is C7H10N2O4. The van der Waals surface area contributed by atoms with E-state index in [0.29, 0.717) is 25.1 Å². The number of aliphatic carboxylic acids is 2. The molecule has 6 nitrogen and oxygen atoms in total. The van der Waals surface area contributed by atoms with Crippen LogP contribution in [0.4, 0.5) is 0 Å². The number of carboxylic acid groups (broad SMARTS) is 2. The minimum absolute atomic E-state index is 0.472. The average molecular weight is 186 g/mol. The Kier molecular flexibility index (Phi) is 10.7. The summed E-state index contributed by atoms with van der Waals surface area (Å²) in [6.07, 6.45) is 1.59. The van der Waals surface area contributed by atoms with E-state index in [9.17, 15) is 9.59 Å². The molecule has 0 aromatic heterocycles. The molecule has 0 fully saturated rings. The third-order valence-electron chi connectivity index (χ3n) is 0.625. The van der Waals surface area contributed by atoms with Crippen molar-refractivity contribution in [3.8, 4) is 6.07 Å². The fourth-order valence-corrected chi connectivity index (χ4v) is 0.207. The highest BCUT2D eigenvalue weighted by Crippen LogP contribution is 1.70. The van der Waals surface area contributed by atoms with Gasteiger partial charge in [0, 0.05) is 25.1 Å². The van der Waals surface area contributed by atoms with E-state index >= 15 is 0 Å². The first-order chi connectivity index (χ1) is 6.04. The van der Waals surface area contributed by atoms with Crippen molar-refractivity contribution in [1.29, 1.82) is 5.26 Å². The number of hydrogen-bond donors (Lipinski definition) is 3. The Balaban J connectivity index is 0. The molecule has 0 amide bonds. The molecule has 6 heteroatoms. The SMILES string of the molecule is N#CCCN.O=C(O)/C=C/C(=O)O. The summed E-state index contributed by atoms with van der Waals surface area (Å²) in [6, 6.07) is 1.89. The molecule has 0 atom stereocenters. The first kappa shape index (κ1) is 13.7. The van der Waals surface area contributed by atoms with Crippen LogP contribution in [-0.2, 0) is 9.59 Å². The summed E-state index contributed by atoms with van der Waals surface area (Å²) in [6.45, 7) is 0.483. The maximum Gasteiger partial charge on any atom is 0.328 e. The van der Waals surface area contributed by atoms with E-state index in [0.717, 1.165) is 0 Å². The third-order valence-corrected chi connectivity index (χ3v) is 0.625. The highest BCUT2D eigenvalue weighted by Gasteiger charge is 1.88. The van der Waals surface area contributed by atoms with Crippen LogP contribution >= 0.6 is 0 Å². The van der Waals surface area contributed by atoms with Crippen molar-refractivity contribution in [3.63, 3.8) is 0 Å². The van der Waals surface area contributed by atoms with Gasteiger partial charge >= 0.3 is 11.9 Å². The van der Waals surface area contributed by atoms with Crippen molar-refractivity contribution in [2.75, 3.05) is 6.54 Å². The lowest BCUT2D eigenvalue weighted by molar-refractivity contribution is -0.134. The zero-order valence-electron chi connectivity index (χ0n) is 6.80. The number of rotatable bonds is 3. The summed E-state index contributed by atoms with van der Waals surface area (Å²) in [5, 5.41) is 23.4. The predicted octanol–water partition coefficient (Wildman–Crippen LogP) is -0.429. The topological polar surface area (TPSA) is 124 Å². The Morgan fingerprint density at radius 1 is 1.31 bits per heavy atom. The normalized spacial score (nSPS) is 8.31. The molecule has 13 heavy (non-hydrogen) atoms. The lowest BCUT2D eigenvalue weighted by Gasteiger charge is -1.74. The van der Waals surface area contributed by atoms with Gasteiger partial charge in [-0.05, 0) is 0 Å². The second-order valence-corrected chi connectivity index (χ2v) is 1.71. The summed E-state index contributed by atoms with van der Waals surface area (Å²) in [5.41, 5.74) is 4.92. The summed E-state index contributed by atoms with van der Waals surface area (Å²) >= 11 is 0. The van der Waals surface area contributed by atoms with E-state index < -0.39 is 11.9 Å². The van der Waals surface area contributed by atoms with Crippen LogP contribution in [-0.4, -0.2) is 28.7 Å². The Bertz CT molecular complexity index is 213. The van der Waals surface area contributed by atoms with Crippen molar-refractivity contribution in [2.24, 2.45) is 5.73 Å². The molecule has 4 N–H and O–H groups in total. The fourth-order valence-electron chi connectivity index (χ4n) is 0.207. The maximum atomic E-state index is 9.55. The molecule has 0 heterocycles. The quantitative estimate of drug-likeness (QED) is 0.513. The van der Waals surface area contributed by atoms with Crippen molar-refractivity contribution in [3.05, 3.63) is 12.2 Å². The monoisotopic (exact) mass is 186 g/mol. The number of carboxylic acids is 2. The molecule has 0 aliphatic carbocycles. The van der Waals surface area contributed by atoms with Gasteiger partial charge in [0.1, 0.15) is 0 Å². The minimum atomic E-state index is -1.26. The molecule has 0 radical (unpaired) electrons. The standard InChI is InChI=1S/C4H4O4.C3H6N2/c5-3(6)1-2-4(7)8;4-2-1-3-5/h1-2H,(H,5,6)(H,7,8);1-2,4H2/b2-1+;. The van der Waals surface area contributed by atoms with Gasteiger partial charge in [-0.25, -0.2) is 9.59 Å². The van der Waals surface area contributed by atoms with Gasteiger partial charge in [0.25, 0.3) is 0 Å². The summed E-state index contributed by atoms with van der Waals surface area (Å²) in [4.78, 5) is 19.1. The minimum Gasteiger partial charge on any atom is -0.478 e. The van der Waals surface area contributed by atoms with Crippen LogP contribution in [0.3, 0.4) is 0 Å². The average Bonchev–Trinajstić information content (AvgIpc) is 2.03. The maximum absolute atomic E-state index is 9.55. The van der Waals surface area contributed by atoms with Gasteiger partial charge in [0.05, 0.1) is 6.07 Å². The van der Waals surface area contributed by atoms with Gasteiger partial charge in [-0.2, -0.15) is 5.26 Å². The number of nitrogens with zero attached hydrogens (tertiary/aromatic N) is 1. The molecule has 0 unspecified atom stereocenters. The number of carbonyl (C=O) groups is 2. The van der Waals surface area contributed by atoms with Crippen molar-refractivity contribution < 1.29 is 19.8 Å². The predicted molar refractivity (Wildman–Crippen MR) is 43.7 cm³/mol. The van der Waals surface area contributed by atoms with E-state index in [1.54, 1.807) is 0 Å². The molecule has 0 spiro atoms. The van der Waals surface area contributed by atoms with Crippen LogP contribution in [0.25, 0.3) is 0 Å². The van der Waals surface area contributed by atoms with E-state index in [-0.39, 0.29) is 0 Å². The van der Waals surface area contributed by atoms with Crippen LogP contribution < -0.4 is 5.73 Å². The summed E-state index contributed by atoms with van der Waals surface area (Å²) in [5.74, 6) is -2.51. The highest BCUT2D eigenvalue weighted by molar-refractivity contribution is 5.89. The zero-order valence-corrected chi connectivity index (χ0v) is 6.80. The second-order valence-electron chi connectivity index (χ2n) is 1.71. The van der Waals surface area contributed by atoms with Crippen LogP contribution in [0.1, 0.15) is 6.42 Å². The molecular weight excluding hydrogens is 176 g/mol. The second kappa shape index (κ2) is 10.1. The number of nitrogens with two attached hydrogens (primary N) is 1. The van der Waals surface area contributed by atoms with E-state index in [4.69, 9.17) is 21.2 Å². The summed E-state index contributed by atoms with van der Waals surface area (Å²) < 4.78 is 0. The van der Waals surface area contributed by atoms with Crippen LogP contribution in [0, 0.1) is 11.3 Å². The molecule has 0 saturated carbocycles. The Morgan fingerprint density at radius 3 is 1.77 bits per heavy atom. The molecule has 0 bridgehead atoms. The summed E-state index contributed by atoms with van der Waals surface area (Å²) in [7, 11) is 0. The van der Waals surface area contributed by atoms with Gasteiger partial charge in [0.2, 0.25) is 0 Å². The molecule has 0 aliphatic rings. The van der Waals surface area contributed by atoms with Crippen LogP contribution in [0.15, 0.2) is 12.2 Å². The van der Waals surface area contributed by atoms with E-state index in [2.05, 4.69) is 0 Å². The molecule has 0 aromatic carbocycles. The molecule has 72 valence electrons. The van der Waals surface area contributed by atoms with Gasteiger partial charge in [0.15, 0.2) is 0 Å². The van der Waals surface area contributed by atoms with E-state index in [1.165, 1.54) is 0 Å². The number of hydrogen-bond acceptors (Lipinski definition) is 4. The first-order valence-electron chi connectivity index (χ1n) is 3.25. The molecule has 0 saturated heterocycles. The Labute approximate surface area is 74.9 Å². The lowest BCUT2D eigenvalue weighted by atomic mass is 10.5. The molecule has 0 rings (SSSR count). The molecule has 0 aliphatic heterocycles. The first-order valence-corrected chi connectivity index (χ1v) is 3.25. The van der Waals surface area contributed by atoms with Crippen LogP contribution in [0.5, 0.6) is 0 Å². The highest BCUT2D eigenvalue weighted by atomic mass is 16.4. The zero-order chi connectivity index (χ0) is 10.7. The smallest absolute Gasteiger partial charge is 0.328 e. The van der Waals surface area contributed by atoms with Gasteiger partial charge in [-0.15, -0.1) is 0 Å². The van der Waals surface area contributed by atoms with Gasteiger partial charge in [-0.3, -0.25) is 0 Å². The van der Waals surface area contributed by atoms with Crippen molar-refractivity contribution in [1.82, 2.24) is 0 Å².